The van der Waals surface area contributed by atoms with Gasteiger partial charge in [-0.3, -0.25) is 0 Å². The molecule has 0 aromatic rings. The summed E-state index contributed by atoms with van der Waals surface area (Å²) in [6.45, 7) is 1.05. The Kier molecular flexibility index (Phi) is 4.31. The summed E-state index contributed by atoms with van der Waals surface area (Å²) in [5.41, 5.74) is 0. The lowest BCUT2D eigenvalue weighted by Gasteiger charge is -2.05. The molecule has 0 heterocycles. The summed E-state index contributed by atoms with van der Waals surface area (Å²) in [6, 6.07) is 0. The lowest BCUT2D eigenvalue weighted by atomic mass is 9.54. The molecule has 0 aliphatic heterocycles. The van der Waals surface area contributed by atoms with Crippen molar-refractivity contribution >= 4 is 14.9 Å². The average molecular weight is 93.8 g/mol. The van der Waals surface area contributed by atoms with Crippen molar-refractivity contribution in [2.45, 2.75) is 6.32 Å². The minimum Gasteiger partial charge on any atom is -0.310 e. The highest BCUT2D eigenvalue weighted by Crippen LogP contribution is 1.77. The molecule has 3 heteroatoms. The number of hydrogen-bond acceptors (Lipinski definition) is 1. The highest BCUT2D eigenvalue weighted by molar-refractivity contribution is 6.89. The molecule has 0 atom stereocenters. The second kappa shape index (κ2) is 4.25. The SMILES string of the molecule is [B][B]CCN(C)C. The minimum atomic E-state index is 0.979. The predicted molar refractivity (Wildman–Crippen MR) is 34.9 cm³/mol. The fraction of sp³-hybridized carbons (Fsp3) is 1.00. The van der Waals surface area contributed by atoms with E-state index in [0.29, 0.717) is 0 Å². The third-order valence-corrected chi connectivity index (χ3v) is 0.743. The fourth-order valence-electron chi connectivity index (χ4n) is 0.333. The third-order valence-electron chi connectivity index (χ3n) is 0.743. The molecular formula is C4H10B2N. The highest BCUT2D eigenvalue weighted by Gasteiger charge is 1.84. The van der Waals surface area contributed by atoms with E-state index in [9.17, 15) is 0 Å². The summed E-state index contributed by atoms with van der Waals surface area (Å²) in [7, 11) is 10.9. The van der Waals surface area contributed by atoms with Crippen LogP contribution in [0.25, 0.3) is 0 Å². The first-order chi connectivity index (χ1) is 3.27. The quantitative estimate of drug-likeness (QED) is 0.436. The Bertz CT molecular complexity index is 38.7. The zero-order chi connectivity index (χ0) is 5.70. The first-order valence-electron chi connectivity index (χ1n) is 2.45. The smallest absolute Gasteiger partial charge is 0.0561 e. The molecule has 0 unspecified atom stereocenters. The molecule has 0 amide bonds. The van der Waals surface area contributed by atoms with Crippen LogP contribution in [0.4, 0.5) is 0 Å². The molecule has 0 bridgehead atoms. The van der Waals surface area contributed by atoms with Gasteiger partial charge in [0.25, 0.3) is 0 Å². The van der Waals surface area contributed by atoms with Crippen molar-refractivity contribution in [3.63, 3.8) is 0 Å². The van der Waals surface area contributed by atoms with Crippen molar-refractivity contribution in [2.24, 2.45) is 0 Å². The van der Waals surface area contributed by atoms with Gasteiger partial charge in [0.15, 0.2) is 0 Å². The molecule has 0 saturated heterocycles. The summed E-state index contributed by atoms with van der Waals surface area (Å²) in [5.74, 6) is 0. The Morgan fingerprint density at radius 2 is 2.14 bits per heavy atom. The van der Waals surface area contributed by atoms with Crippen molar-refractivity contribution in [1.82, 2.24) is 4.90 Å². The maximum Gasteiger partial charge on any atom is 0.0561 e. The van der Waals surface area contributed by atoms with Crippen LogP contribution in [0, 0.1) is 0 Å². The molecule has 1 nitrogen and oxygen atoms in total. The molecule has 7 heavy (non-hydrogen) atoms. The normalized spacial score (nSPS) is 9.57. The predicted octanol–water partition coefficient (Wildman–Crippen LogP) is -0.246. The highest BCUT2D eigenvalue weighted by atomic mass is 15.0. The van der Waals surface area contributed by atoms with E-state index in [0.717, 1.165) is 12.9 Å². The Hall–Kier alpha value is 0.0899. The molecule has 0 N–H and O–H groups in total. The van der Waals surface area contributed by atoms with E-state index in [4.69, 9.17) is 7.74 Å². The van der Waals surface area contributed by atoms with Gasteiger partial charge in [0.1, 0.15) is 0 Å². The van der Waals surface area contributed by atoms with Crippen LogP contribution in [0.1, 0.15) is 0 Å². The molecule has 0 saturated carbocycles. The van der Waals surface area contributed by atoms with Crippen LogP contribution in [0.3, 0.4) is 0 Å². The standard InChI is InChI=1S/C4H10B2N/c1-7(2)4-3-6-5/h3-4H2,1-2H3. The second-order valence-corrected chi connectivity index (χ2v) is 1.83. The number of rotatable bonds is 3. The van der Waals surface area contributed by atoms with Crippen LogP contribution in [0.15, 0.2) is 0 Å². The number of hydrogen-bond donors (Lipinski definition) is 0. The van der Waals surface area contributed by atoms with Crippen molar-refractivity contribution < 1.29 is 0 Å². The van der Waals surface area contributed by atoms with E-state index in [1.54, 1.807) is 7.17 Å². The van der Waals surface area contributed by atoms with Crippen molar-refractivity contribution in [1.29, 1.82) is 0 Å². The molecule has 0 fully saturated rings. The van der Waals surface area contributed by atoms with E-state index in [1.807, 2.05) is 14.1 Å². The van der Waals surface area contributed by atoms with Gasteiger partial charge in [-0.2, -0.15) is 0 Å². The molecule has 0 aromatic carbocycles. The van der Waals surface area contributed by atoms with Gasteiger partial charge in [-0.25, -0.2) is 0 Å². The van der Waals surface area contributed by atoms with Crippen molar-refractivity contribution in [2.75, 3.05) is 20.6 Å². The van der Waals surface area contributed by atoms with Gasteiger partial charge in [-0.1, -0.05) is 6.32 Å². The fourth-order valence-corrected chi connectivity index (χ4v) is 0.333. The summed E-state index contributed by atoms with van der Waals surface area (Å²) in [4.78, 5) is 2.10. The monoisotopic (exact) mass is 94.1 g/mol. The van der Waals surface area contributed by atoms with Gasteiger partial charge >= 0.3 is 0 Å². The van der Waals surface area contributed by atoms with Gasteiger partial charge in [-0.15, -0.1) is 0 Å². The van der Waals surface area contributed by atoms with E-state index in [2.05, 4.69) is 4.90 Å². The van der Waals surface area contributed by atoms with Crippen molar-refractivity contribution in [3.05, 3.63) is 0 Å². The van der Waals surface area contributed by atoms with E-state index < -0.39 is 0 Å². The van der Waals surface area contributed by atoms with Gasteiger partial charge in [0.2, 0.25) is 0 Å². The van der Waals surface area contributed by atoms with Gasteiger partial charge < -0.3 is 4.90 Å². The summed E-state index contributed by atoms with van der Waals surface area (Å²) in [6.07, 6.45) is 0.979. The lowest BCUT2D eigenvalue weighted by molar-refractivity contribution is 0.433. The summed E-state index contributed by atoms with van der Waals surface area (Å²) in [5, 5.41) is 0. The van der Waals surface area contributed by atoms with E-state index in [-0.39, 0.29) is 0 Å². The van der Waals surface area contributed by atoms with Crippen LogP contribution in [-0.4, -0.2) is 40.4 Å². The van der Waals surface area contributed by atoms with Crippen LogP contribution in [-0.2, 0) is 0 Å². The number of nitrogens with zero attached hydrogens (tertiary/aromatic N) is 1. The second-order valence-electron chi connectivity index (χ2n) is 1.83. The summed E-state index contributed by atoms with van der Waals surface area (Å²) < 4.78 is 0. The Morgan fingerprint density at radius 3 is 2.29 bits per heavy atom. The third kappa shape index (κ3) is 6.09. The van der Waals surface area contributed by atoms with Crippen LogP contribution >= 0.6 is 0 Å². The molecule has 0 aromatic heterocycles. The van der Waals surface area contributed by atoms with E-state index in [1.165, 1.54) is 0 Å². The molecule has 3 radical (unpaired) electrons. The largest absolute Gasteiger partial charge is 0.310 e. The molecule has 37 valence electrons. The lowest BCUT2D eigenvalue weighted by Crippen LogP contribution is -2.14. The first-order valence-corrected chi connectivity index (χ1v) is 2.45. The van der Waals surface area contributed by atoms with Gasteiger partial charge in [-0.05, 0) is 20.6 Å². The van der Waals surface area contributed by atoms with Crippen LogP contribution < -0.4 is 0 Å². The first kappa shape index (κ1) is 7.09. The maximum absolute atomic E-state index is 5.13. The zero-order valence-corrected chi connectivity index (χ0v) is 5.02. The Balaban J connectivity index is 2.68. The molecule has 0 aliphatic rings. The average Bonchev–Trinajstić information content (AvgIpc) is 1.61. The van der Waals surface area contributed by atoms with Gasteiger partial charge in [0.05, 0.1) is 7.17 Å². The zero-order valence-electron chi connectivity index (χ0n) is 5.02. The molecule has 0 spiro atoms. The molecular weight excluding hydrogens is 83.7 g/mol. The molecule has 0 rings (SSSR count). The van der Waals surface area contributed by atoms with Crippen molar-refractivity contribution in [3.8, 4) is 0 Å². The van der Waals surface area contributed by atoms with Crippen LogP contribution in [0.2, 0.25) is 6.32 Å². The Morgan fingerprint density at radius 1 is 1.57 bits per heavy atom. The topological polar surface area (TPSA) is 3.24 Å². The minimum absolute atomic E-state index is 0.979. The van der Waals surface area contributed by atoms with Crippen LogP contribution in [0.5, 0.6) is 0 Å². The van der Waals surface area contributed by atoms with E-state index >= 15 is 0 Å². The van der Waals surface area contributed by atoms with Gasteiger partial charge in [0, 0.05) is 7.74 Å². The Labute approximate surface area is 47.7 Å². The molecule has 0 aliphatic carbocycles. The summed E-state index contributed by atoms with van der Waals surface area (Å²) >= 11 is 0. The maximum atomic E-state index is 5.13.